The van der Waals surface area contributed by atoms with E-state index in [0.717, 1.165) is 22.5 Å². The Labute approximate surface area is 169 Å². The molecule has 0 aliphatic carbocycles. The van der Waals surface area contributed by atoms with E-state index in [2.05, 4.69) is 21.7 Å². The molecule has 3 rings (SSSR count). The number of rotatable bonds is 6. The number of hydrogen-bond donors (Lipinski definition) is 2. The van der Waals surface area contributed by atoms with E-state index in [9.17, 15) is 9.59 Å². The number of hydrogen-bond acceptors (Lipinski definition) is 5. The second kappa shape index (κ2) is 9.01. The molecule has 1 amide bonds. The quantitative estimate of drug-likeness (QED) is 0.588. The van der Waals surface area contributed by atoms with E-state index in [1.54, 1.807) is 49.5 Å². The van der Waals surface area contributed by atoms with Crippen LogP contribution in [0.3, 0.4) is 0 Å². The lowest BCUT2D eigenvalue weighted by molar-refractivity contribution is 0.0527. The summed E-state index contributed by atoms with van der Waals surface area (Å²) >= 11 is 0. The number of amides is 1. The molecule has 0 spiro atoms. The van der Waals surface area contributed by atoms with Gasteiger partial charge >= 0.3 is 5.97 Å². The highest BCUT2D eigenvalue weighted by atomic mass is 16.5. The van der Waals surface area contributed by atoms with E-state index >= 15 is 0 Å². The molecule has 148 valence electrons. The molecule has 6 heteroatoms. The Balaban J connectivity index is 1.72. The SMILES string of the molecule is CCOC(=O)c1ccccc1NC(=O)c1ccc(Nc2cc(C)cc(C)c2)cn1. The van der Waals surface area contributed by atoms with Gasteiger partial charge < -0.3 is 15.4 Å². The number of para-hydroxylation sites is 1. The van der Waals surface area contributed by atoms with E-state index in [4.69, 9.17) is 4.74 Å². The van der Waals surface area contributed by atoms with Crippen molar-refractivity contribution in [2.45, 2.75) is 20.8 Å². The van der Waals surface area contributed by atoms with Crippen molar-refractivity contribution in [1.82, 2.24) is 4.98 Å². The van der Waals surface area contributed by atoms with Crippen LogP contribution in [0.5, 0.6) is 0 Å². The number of carbonyl (C=O) groups is 2. The average molecular weight is 389 g/mol. The number of nitrogens with one attached hydrogen (secondary N) is 2. The minimum atomic E-state index is -0.482. The van der Waals surface area contributed by atoms with Gasteiger partial charge in [0.05, 0.1) is 29.7 Å². The Kier molecular flexibility index (Phi) is 6.24. The van der Waals surface area contributed by atoms with Crippen molar-refractivity contribution in [3.8, 4) is 0 Å². The molecular weight excluding hydrogens is 366 g/mol. The van der Waals surface area contributed by atoms with Crippen LogP contribution in [0.1, 0.15) is 38.9 Å². The number of ether oxygens (including phenoxy) is 1. The zero-order valence-corrected chi connectivity index (χ0v) is 16.7. The van der Waals surface area contributed by atoms with Gasteiger partial charge in [0, 0.05) is 5.69 Å². The zero-order chi connectivity index (χ0) is 20.8. The molecular formula is C23H23N3O3. The van der Waals surface area contributed by atoms with Gasteiger partial charge in [-0.25, -0.2) is 9.78 Å². The number of aryl methyl sites for hydroxylation is 2. The summed E-state index contributed by atoms with van der Waals surface area (Å²) in [5, 5.41) is 6.01. The Morgan fingerprint density at radius 2 is 1.69 bits per heavy atom. The van der Waals surface area contributed by atoms with Gasteiger partial charge in [-0.05, 0) is 68.3 Å². The van der Waals surface area contributed by atoms with Crippen LogP contribution in [0.15, 0.2) is 60.8 Å². The Hall–Kier alpha value is -3.67. The number of pyridine rings is 1. The lowest BCUT2D eigenvalue weighted by atomic mass is 10.1. The van der Waals surface area contributed by atoms with E-state index in [1.165, 1.54) is 0 Å². The largest absolute Gasteiger partial charge is 0.462 e. The Morgan fingerprint density at radius 3 is 2.34 bits per heavy atom. The lowest BCUT2D eigenvalue weighted by Crippen LogP contribution is -2.17. The van der Waals surface area contributed by atoms with Crippen molar-refractivity contribution < 1.29 is 14.3 Å². The van der Waals surface area contributed by atoms with Gasteiger partial charge in [-0.3, -0.25) is 4.79 Å². The molecule has 29 heavy (non-hydrogen) atoms. The maximum absolute atomic E-state index is 12.6. The topological polar surface area (TPSA) is 80.3 Å². The van der Waals surface area contributed by atoms with Crippen LogP contribution in [0.4, 0.5) is 17.1 Å². The Bertz CT molecular complexity index is 1010. The van der Waals surface area contributed by atoms with Crippen LogP contribution in [0.25, 0.3) is 0 Å². The standard InChI is InChI=1S/C23H23N3O3/c1-4-29-23(28)19-7-5-6-8-20(19)26-22(27)21-10-9-17(14-24-21)25-18-12-15(2)11-16(3)13-18/h5-14,25H,4H2,1-3H3,(H,26,27). The third-order valence-corrected chi connectivity index (χ3v) is 4.18. The summed E-state index contributed by atoms with van der Waals surface area (Å²) in [6.07, 6.45) is 1.60. The zero-order valence-electron chi connectivity index (χ0n) is 16.7. The summed E-state index contributed by atoms with van der Waals surface area (Å²) < 4.78 is 5.03. The molecule has 3 aromatic rings. The first-order valence-electron chi connectivity index (χ1n) is 9.35. The second-order valence-electron chi connectivity index (χ2n) is 6.65. The first-order valence-corrected chi connectivity index (χ1v) is 9.35. The van der Waals surface area contributed by atoms with E-state index in [1.807, 2.05) is 26.0 Å². The predicted octanol–water partition coefficient (Wildman–Crippen LogP) is 4.87. The molecule has 0 fully saturated rings. The van der Waals surface area contributed by atoms with Gasteiger partial charge in [0.2, 0.25) is 0 Å². The number of aromatic nitrogens is 1. The lowest BCUT2D eigenvalue weighted by Gasteiger charge is -2.11. The van der Waals surface area contributed by atoms with Gasteiger partial charge in [-0.1, -0.05) is 18.2 Å². The highest BCUT2D eigenvalue weighted by molar-refractivity contribution is 6.07. The van der Waals surface area contributed by atoms with E-state index in [-0.39, 0.29) is 12.3 Å². The molecule has 0 saturated carbocycles. The number of esters is 1. The van der Waals surface area contributed by atoms with Crippen molar-refractivity contribution in [2.75, 3.05) is 17.2 Å². The first-order chi connectivity index (χ1) is 14.0. The van der Waals surface area contributed by atoms with Crippen molar-refractivity contribution in [3.05, 3.63) is 83.2 Å². The summed E-state index contributed by atoms with van der Waals surface area (Å²) in [5.74, 6) is -0.885. The number of carbonyl (C=O) groups excluding carboxylic acids is 2. The molecule has 0 aliphatic rings. The molecule has 0 saturated heterocycles. The molecule has 0 bridgehead atoms. The van der Waals surface area contributed by atoms with Crippen molar-refractivity contribution in [2.24, 2.45) is 0 Å². The highest BCUT2D eigenvalue weighted by Gasteiger charge is 2.15. The fraction of sp³-hybridized carbons (Fsp3) is 0.174. The maximum atomic E-state index is 12.6. The summed E-state index contributed by atoms with van der Waals surface area (Å²) in [4.78, 5) is 28.8. The van der Waals surface area contributed by atoms with Gasteiger partial charge in [0.15, 0.2) is 0 Å². The van der Waals surface area contributed by atoms with Crippen LogP contribution in [0, 0.1) is 13.8 Å². The van der Waals surface area contributed by atoms with E-state index in [0.29, 0.717) is 11.3 Å². The summed E-state index contributed by atoms with van der Waals surface area (Å²) in [6.45, 7) is 6.07. The smallest absolute Gasteiger partial charge is 0.340 e. The average Bonchev–Trinajstić information content (AvgIpc) is 2.68. The third-order valence-electron chi connectivity index (χ3n) is 4.18. The normalized spacial score (nSPS) is 10.3. The molecule has 0 aliphatic heterocycles. The van der Waals surface area contributed by atoms with Gasteiger partial charge in [-0.2, -0.15) is 0 Å². The molecule has 2 N–H and O–H groups in total. The summed E-state index contributed by atoms with van der Waals surface area (Å²) in [6, 6.07) is 16.3. The minimum Gasteiger partial charge on any atom is -0.462 e. The molecule has 2 aromatic carbocycles. The highest BCUT2D eigenvalue weighted by Crippen LogP contribution is 2.20. The van der Waals surface area contributed by atoms with Crippen LogP contribution in [0.2, 0.25) is 0 Å². The predicted molar refractivity (Wildman–Crippen MR) is 114 cm³/mol. The molecule has 6 nitrogen and oxygen atoms in total. The third kappa shape index (κ3) is 5.19. The van der Waals surface area contributed by atoms with E-state index < -0.39 is 11.9 Å². The molecule has 0 radical (unpaired) electrons. The van der Waals surface area contributed by atoms with Crippen molar-refractivity contribution in [1.29, 1.82) is 0 Å². The first kappa shape index (κ1) is 20.1. The monoisotopic (exact) mass is 389 g/mol. The van der Waals surface area contributed by atoms with Crippen LogP contribution < -0.4 is 10.6 Å². The van der Waals surface area contributed by atoms with Gasteiger partial charge in [-0.15, -0.1) is 0 Å². The molecule has 0 atom stereocenters. The molecule has 1 aromatic heterocycles. The van der Waals surface area contributed by atoms with Crippen molar-refractivity contribution in [3.63, 3.8) is 0 Å². The van der Waals surface area contributed by atoms with Gasteiger partial charge in [0.25, 0.3) is 5.91 Å². The number of nitrogens with zero attached hydrogens (tertiary/aromatic N) is 1. The molecule has 1 heterocycles. The summed E-state index contributed by atoms with van der Waals surface area (Å²) in [5.41, 5.74) is 5.00. The molecule has 0 unspecified atom stereocenters. The van der Waals surface area contributed by atoms with Crippen molar-refractivity contribution >= 4 is 28.9 Å². The minimum absolute atomic E-state index is 0.245. The van der Waals surface area contributed by atoms with Crippen LogP contribution in [-0.2, 0) is 4.74 Å². The summed E-state index contributed by atoms with van der Waals surface area (Å²) in [7, 11) is 0. The fourth-order valence-electron chi connectivity index (χ4n) is 2.98. The maximum Gasteiger partial charge on any atom is 0.340 e. The number of anilines is 3. The fourth-order valence-corrected chi connectivity index (χ4v) is 2.98. The second-order valence-corrected chi connectivity index (χ2v) is 6.65. The van der Waals surface area contributed by atoms with Crippen LogP contribution in [-0.4, -0.2) is 23.5 Å². The number of benzene rings is 2. The van der Waals surface area contributed by atoms with Crippen LogP contribution >= 0.6 is 0 Å². The van der Waals surface area contributed by atoms with Gasteiger partial charge in [0.1, 0.15) is 5.69 Å². The Morgan fingerprint density at radius 1 is 0.966 bits per heavy atom.